The van der Waals surface area contributed by atoms with E-state index >= 15 is 0 Å². The Kier molecular flexibility index (Phi) is 5.43. The second kappa shape index (κ2) is 6.05. The molecule has 1 aromatic rings. The molecule has 1 rings (SSSR count). The monoisotopic (exact) mass is 249 g/mol. The van der Waals surface area contributed by atoms with Gasteiger partial charge in [-0.15, -0.1) is 0 Å². The van der Waals surface area contributed by atoms with Crippen LogP contribution in [0, 0.1) is 0 Å². The number of phenolic OH excluding ortho intramolecular Hbond substituents is 1. The van der Waals surface area contributed by atoms with Gasteiger partial charge >= 0.3 is 10.4 Å². The zero-order valence-corrected chi connectivity index (χ0v) is 8.88. The van der Waals surface area contributed by atoms with Gasteiger partial charge in [0.2, 0.25) is 5.91 Å². The first-order chi connectivity index (χ1) is 7.18. The highest BCUT2D eigenvalue weighted by Gasteiger charge is 1.96. The van der Waals surface area contributed by atoms with Gasteiger partial charge in [0.1, 0.15) is 5.75 Å². The number of phenols is 1. The Morgan fingerprint density at radius 1 is 1.19 bits per heavy atom. The summed E-state index contributed by atoms with van der Waals surface area (Å²) in [5.74, 6) is -0.172. The maximum atomic E-state index is 10.4. The number of benzene rings is 1. The molecule has 0 aromatic heterocycles. The smallest absolute Gasteiger partial charge is 0.394 e. The largest absolute Gasteiger partial charge is 0.508 e. The number of amides is 1. The minimum atomic E-state index is -4.67. The second-order valence-electron chi connectivity index (χ2n) is 2.76. The molecule has 16 heavy (non-hydrogen) atoms. The number of primary amides is 1. The van der Waals surface area contributed by atoms with E-state index in [0.29, 0.717) is 0 Å². The second-order valence-corrected chi connectivity index (χ2v) is 3.65. The minimum absolute atomic E-state index is 0.193. The first-order valence-electron chi connectivity index (χ1n) is 3.94. The summed E-state index contributed by atoms with van der Waals surface area (Å²) in [5.41, 5.74) is 5.78. The number of carbonyl (C=O) groups excluding carboxylic acids is 1. The van der Waals surface area contributed by atoms with Crippen molar-refractivity contribution in [3.8, 4) is 5.75 Å². The highest BCUT2D eigenvalue weighted by atomic mass is 32.3. The lowest BCUT2D eigenvalue weighted by Crippen LogP contribution is -2.13. The quantitative estimate of drug-likeness (QED) is 0.534. The van der Waals surface area contributed by atoms with Gasteiger partial charge in [0.15, 0.2) is 0 Å². The van der Waals surface area contributed by atoms with E-state index in [0.717, 1.165) is 5.56 Å². The van der Waals surface area contributed by atoms with Crippen LogP contribution in [0.2, 0.25) is 0 Å². The van der Waals surface area contributed by atoms with Crippen molar-refractivity contribution >= 4 is 16.3 Å². The molecule has 0 unspecified atom stereocenters. The van der Waals surface area contributed by atoms with E-state index in [4.69, 9.17) is 28.4 Å². The lowest BCUT2D eigenvalue weighted by molar-refractivity contribution is -0.117. The van der Waals surface area contributed by atoms with Crippen LogP contribution in [0.25, 0.3) is 0 Å². The maximum absolute atomic E-state index is 10.4. The minimum Gasteiger partial charge on any atom is -0.508 e. The van der Waals surface area contributed by atoms with Crippen molar-refractivity contribution in [1.29, 1.82) is 0 Å². The van der Waals surface area contributed by atoms with Crippen LogP contribution in [0.1, 0.15) is 5.56 Å². The Balaban J connectivity index is 0.000000385. The number of nitrogens with two attached hydrogens (primary N) is 1. The molecule has 90 valence electrons. The zero-order valence-electron chi connectivity index (χ0n) is 8.07. The Morgan fingerprint density at radius 3 is 1.88 bits per heavy atom. The number of hydrogen-bond acceptors (Lipinski definition) is 4. The average molecular weight is 249 g/mol. The third kappa shape index (κ3) is 10.4. The molecule has 0 heterocycles. The van der Waals surface area contributed by atoms with E-state index in [1.165, 1.54) is 12.1 Å². The van der Waals surface area contributed by atoms with Gasteiger partial charge in [0, 0.05) is 0 Å². The van der Waals surface area contributed by atoms with E-state index in [-0.39, 0.29) is 18.1 Å². The molecule has 8 heteroatoms. The Hall–Kier alpha value is -1.64. The van der Waals surface area contributed by atoms with Crippen molar-refractivity contribution in [1.82, 2.24) is 0 Å². The topological polar surface area (TPSA) is 138 Å². The Bertz CT molecular complexity index is 430. The van der Waals surface area contributed by atoms with E-state index in [1.807, 2.05) is 0 Å². The van der Waals surface area contributed by atoms with Crippen LogP contribution in [0.5, 0.6) is 5.75 Å². The summed E-state index contributed by atoms with van der Waals surface area (Å²) in [5, 5.41) is 8.87. The highest BCUT2D eigenvalue weighted by Crippen LogP contribution is 2.09. The summed E-state index contributed by atoms with van der Waals surface area (Å²) >= 11 is 0. The van der Waals surface area contributed by atoms with Crippen molar-refractivity contribution in [3.05, 3.63) is 29.8 Å². The van der Waals surface area contributed by atoms with Crippen LogP contribution in [-0.4, -0.2) is 28.5 Å². The fourth-order valence-electron chi connectivity index (χ4n) is 0.815. The van der Waals surface area contributed by atoms with Crippen LogP contribution in [0.15, 0.2) is 24.3 Å². The highest BCUT2D eigenvalue weighted by molar-refractivity contribution is 7.79. The number of rotatable bonds is 2. The van der Waals surface area contributed by atoms with Crippen LogP contribution in [0.4, 0.5) is 0 Å². The summed E-state index contributed by atoms with van der Waals surface area (Å²) in [7, 11) is -4.67. The summed E-state index contributed by atoms with van der Waals surface area (Å²) in [6.07, 6.45) is 0.222. The van der Waals surface area contributed by atoms with Crippen molar-refractivity contribution < 1.29 is 27.4 Å². The predicted octanol–water partition coefficient (Wildman–Crippen LogP) is -0.233. The molecule has 7 nitrogen and oxygen atoms in total. The molecule has 5 N–H and O–H groups in total. The van der Waals surface area contributed by atoms with Crippen molar-refractivity contribution in [2.75, 3.05) is 0 Å². The van der Waals surface area contributed by atoms with E-state index in [2.05, 4.69) is 0 Å². The number of carbonyl (C=O) groups is 1. The standard InChI is InChI=1S/C8H9NO2.H2O4S/c9-8(11)5-6-1-3-7(10)4-2-6;1-5(2,3)4/h1-4,10H,5H2,(H2,9,11);(H2,1,2,3,4). The maximum Gasteiger partial charge on any atom is 0.394 e. The fraction of sp³-hybridized carbons (Fsp3) is 0.125. The normalized spacial score (nSPS) is 10.1. The first-order valence-corrected chi connectivity index (χ1v) is 5.34. The molecular weight excluding hydrogens is 238 g/mol. The van der Waals surface area contributed by atoms with Gasteiger partial charge in [-0.25, -0.2) is 0 Å². The molecule has 0 bridgehead atoms. The van der Waals surface area contributed by atoms with E-state index in [1.54, 1.807) is 12.1 Å². The molecule has 0 spiro atoms. The number of hydrogen-bond donors (Lipinski definition) is 4. The zero-order chi connectivity index (χ0) is 12.8. The van der Waals surface area contributed by atoms with Gasteiger partial charge in [0.25, 0.3) is 0 Å². The lowest BCUT2D eigenvalue weighted by atomic mass is 10.1. The summed E-state index contributed by atoms with van der Waals surface area (Å²) in [4.78, 5) is 10.4. The number of aromatic hydroxyl groups is 1. The average Bonchev–Trinajstić information content (AvgIpc) is 2.05. The van der Waals surface area contributed by atoms with Crippen LogP contribution in [0.3, 0.4) is 0 Å². The van der Waals surface area contributed by atoms with Gasteiger partial charge in [0.05, 0.1) is 6.42 Å². The van der Waals surface area contributed by atoms with Crippen molar-refractivity contribution in [3.63, 3.8) is 0 Å². The van der Waals surface area contributed by atoms with E-state index in [9.17, 15) is 4.79 Å². The molecule has 0 aliphatic carbocycles. The molecule has 0 aliphatic heterocycles. The third-order valence-corrected chi connectivity index (χ3v) is 1.31. The van der Waals surface area contributed by atoms with Gasteiger partial charge in [-0.1, -0.05) is 12.1 Å². The van der Waals surface area contributed by atoms with Crippen molar-refractivity contribution in [2.24, 2.45) is 5.73 Å². The molecule has 0 saturated heterocycles. The van der Waals surface area contributed by atoms with Crippen LogP contribution in [-0.2, 0) is 21.6 Å². The SMILES string of the molecule is NC(=O)Cc1ccc(O)cc1.O=S(=O)(O)O. The third-order valence-electron chi connectivity index (χ3n) is 1.31. The first kappa shape index (κ1) is 14.4. The van der Waals surface area contributed by atoms with Crippen LogP contribution >= 0.6 is 0 Å². The molecule has 1 amide bonds. The van der Waals surface area contributed by atoms with Gasteiger partial charge < -0.3 is 10.8 Å². The van der Waals surface area contributed by atoms with Gasteiger partial charge in [-0.05, 0) is 17.7 Å². The summed E-state index contributed by atoms with van der Waals surface area (Å²) < 4.78 is 31.6. The van der Waals surface area contributed by atoms with Crippen molar-refractivity contribution in [2.45, 2.75) is 6.42 Å². The molecule has 0 atom stereocenters. The van der Waals surface area contributed by atoms with Crippen LogP contribution < -0.4 is 5.73 Å². The molecule has 0 aliphatic rings. The molecule has 0 fully saturated rings. The fourth-order valence-corrected chi connectivity index (χ4v) is 0.815. The Morgan fingerprint density at radius 2 is 1.56 bits per heavy atom. The molecule has 0 saturated carbocycles. The van der Waals surface area contributed by atoms with Gasteiger partial charge in [-0.3, -0.25) is 13.9 Å². The Labute approximate surface area is 92.1 Å². The predicted molar refractivity (Wildman–Crippen MR) is 55.2 cm³/mol. The summed E-state index contributed by atoms with van der Waals surface area (Å²) in [6.45, 7) is 0. The molecule has 1 aromatic carbocycles. The molecule has 0 radical (unpaired) electrons. The molecular formula is C8H11NO6S. The lowest BCUT2D eigenvalue weighted by Gasteiger charge is -1.96. The van der Waals surface area contributed by atoms with Gasteiger partial charge in [-0.2, -0.15) is 8.42 Å². The van der Waals surface area contributed by atoms with E-state index < -0.39 is 10.4 Å². The summed E-state index contributed by atoms with van der Waals surface area (Å²) in [6, 6.07) is 6.39.